The van der Waals surface area contributed by atoms with Crippen molar-refractivity contribution in [3.63, 3.8) is 0 Å². The predicted molar refractivity (Wildman–Crippen MR) is 92.9 cm³/mol. The molecule has 26 heavy (non-hydrogen) atoms. The van der Waals surface area contributed by atoms with Crippen molar-refractivity contribution in [3.05, 3.63) is 41.7 Å². The van der Waals surface area contributed by atoms with Crippen LogP contribution in [0.15, 0.2) is 30.3 Å². The summed E-state index contributed by atoms with van der Waals surface area (Å²) in [7, 11) is 0. The van der Waals surface area contributed by atoms with Gasteiger partial charge in [0.2, 0.25) is 5.91 Å². The molecule has 0 aliphatic carbocycles. The standard InChI is InChI=1S/C17H21N5O4/c1-11-15(19-20-22(11)14-7-5-4-6-8-14)16(24)21(12(2)17(25)26)10-9-18-13(3)23/h4-8,12H,9-10H2,1-3H3,(H,18,23)(H,25,26). The lowest BCUT2D eigenvalue weighted by Gasteiger charge is -2.26. The van der Waals surface area contributed by atoms with Crippen molar-refractivity contribution < 1.29 is 19.5 Å². The summed E-state index contributed by atoms with van der Waals surface area (Å²) in [5.74, 6) is -1.95. The van der Waals surface area contributed by atoms with Gasteiger partial charge in [0.15, 0.2) is 5.69 Å². The van der Waals surface area contributed by atoms with Gasteiger partial charge in [-0.05, 0) is 26.0 Å². The Morgan fingerprint density at radius 2 is 1.92 bits per heavy atom. The first kappa shape index (κ1) is 19.1. The van der Waals surface area contributed by atoms with Crippen molar-refractivity contribution in [2.45, 2.75) is 26.8 Å². The quantitative estimate of drug-likeness (QED) is 0.749. The molecule has 2 amide bonds. The molecule has 1 aromatic carbocycles. The van der Waals surface area contributed by atoms with Gasteiger partial charge in [-0.2, -0.15) is 0 Å². The van der Waals surface area contributed by atoms with Gasteiger partial charge in [-0.3, -0.25) is 9.59 Å². The molecule has 0 saturated carbocycles. The summed E-state index contributed by atoms with van der Waals surface area (Å²) in [6.07, 6.45) is 0. The van der Waals surface area contributed by atoms with Crippen LogP contribution in [0.5, 0.6) is 0 Å². The number of aliphatic carboxylic acids is 1. The van der Waals surface area contributed by atoms with E-state index in [1.54, 1.807) is 6.92 Å². The Morgan fingerprint density at radius 3 is 2.50 bits per heavy atom. The molecule has 2 rings (SSSR count). The Kier molecular flexibility index (Phi) is 6.05. The highest BCUT2D eigenvalue weighted by atomic mass is 16.4. The molecule has 2 N–H and O–H groups in total. The fraction of sp³-hybridized carbons (Fsp3) is 0.353. The fourth-order valence-electron chi connectivity index (χ4n) is 2.43. The Labute approximate surface area is 150 Å². The molecule has 0 saturated heterocycles. The molecule has 9 heteroatoms. The molecule has 1 unspecified atom stereocenters. The molecule has 2 aromatic rings. The van der Waals surface area contributed by atoms with E-state index in [9.17, 15) is 19.5 Å². The summed E-state index contributed by atoms with van der Waals surface area (Å²) in [6.45, 7) is 4.64. The predicted octanol–water partition coefficient (Wildman–Crippen LogP) is 0.627. The van der Waals surface area contributed by atoms with Gasteiger partial charge in [0.05, 0.1) is 11.4 Å². The van der Waals surface area contributed by atoms with Gasteiger partial charge >= 0.3 is 5.97 Å². The molecule has 1 aromatic heterocycles. The second-order valence-electron chi connectivity index (χ2n) is 5.77. The van der Waals surface area contributed by atoms with Crippen LogP contribution in [0.3, 0.4) is 0 Å². The minimum Gasteiger partial charge on any atom is -0.480 e. The lowest BCUT2D eigenvalue weighted by molar-refractivity contribution is -0.141. The maximum atomic E-state index is 12.9. The Bertz CT molecular complexity index is 803. The van der Waals surface area contributed by atoms with Gasteiger partial charge < -0.3 is 15.3 Å². The number of rotatable bonds is 7. The van der Waals surface area contributed by atoms with Gasteiger partial charge in [0.1, 0.15) is 6.04 Å². The fourth-order valence-corrected chi connectivity index (χ4v) is 2.43. The number of carboxylic acid groups (broad SMARTS) is 1. The van der Waals surface area contributed by atoms with E-state index in [1.165, 1.54) is 18.5 Å². The summed E-state index contributed by atoms with van der Waals surface area (Å²) < 4.78 is 1.52. The second kappa shape index (κ2) is 8.24. The monoisotopic (exact) mass is 359 g/mol. The minimum atomic E-state index is -1.14. The summed E-state index contributed by atoms with van der Waals surface area (Å²) in [6, 6.07) is 8.11. The third-order valence-corrected chi connectivity index (χ3v) is 3.91. The molecule has 0 radical (unpaired) electrons. The second-order valence-corrected chi connectivity index (χ2v) is 5.77. The SMILES string of the molecule is CC(=O)NCCN(C(=O)c1nnn(-c2ccccc2)c1C)C(C)C(=O)O. The van der Waals surface area contributed by atoms with E-state index in [-0.39, 0.29) is 24.7 Å². The topological polar surface area (TPSA) is 117 Å². The molecule has 0 bridgehead atoms. The van der Waals surface area contributed by atoms with Crippen molar-refractivity contribution >= 4 is 17.8 Å². The third kappa shape index (κ3) is 4.24. The number of nitrogens with zero attached hydrogens (tertiary/aromatic N) is 4. The number of hydrogen-bond donors (Lipinski definition) is 2. The highest BCUT2D eigenvalue weighted by Gasteiger charge is 2.29. The first-order chi connectivity index (χ1) is 12.3. The van der Waals surface area contributed by atoms with Gasteiger partial charge in [-0.1, -0.05) is 23.4 Å². The van der Waals surface area contributed by atoms with E-state index in [0.717, 1.165) is 10.6 Å². The van der Waals surface area contributed by atoms with Crippen LogP contribution < -0.4 is 5.32 Å². The number of aromatic nitrogens is 3. The number of para-hydroxylation sites is 1. The highest BCUT2D eigenvalue weighted by Crippen LogP contribution is 2.15. The maximum Gasteiger partial charge on any atom is 0.326 e. The van der Waals surface area contributed by atoms with Crippen molar-refractivity contribution in [1.82, 2.24) is 25.2 Å². The zero-order valence-corrected chi connectivity index (χ0v) is 14.8. The zero-order chi connectivity index (χ0) is 19.3. The van der Waals surface area contributed by atoms with E-state index in [4.69, 9.17) is 0 Å². The van der Waals surface area contributed by atoms with Crippen molar-refractivity contribution in [1.29, 1.82) is 0 Å². The third-order valence-electron chi connectivity index (χ3n) is 3.91. The smallest absolute Gasteiger partial charge is 0.326 e. The van der Waals surface area contributed by atoms with Crippen LogP contribution in [-0.4, -0.2) is 61.9 Å². The van der Waals surface area contributed by atoms with Crippen LogP contribution in [-0.2, 0) is 9.59 Å². The first-order valence-electron chi connectivity index (χ1n) is 8.09. The van der Waals surface area contributed by atoms with Gasteiger partial charge in [0, 0.05) is 20.0 Å². The number of amides is 2. The van der Waals surface area contributed by atoms with Crippen LogP contribution >= 0.6 is 0 Å². The number of carboxylic acids is 1. The number of carbonyl (C=O) groups is 3. The average molecular weight is 359 g/mol. The van der Waals surface area contributed by atoms with Gasteiger partial charge in [0.25, 0.3) is 5.91 Å². The van der Waals surface area contributed by atoms with Crippen molar-refractivity contribution in [2.75, 3.05) is 13.1 Å². The molecule has 1 atom stereocenters. The normalized spacial score (nSPS) is 11.7. The molecular weight excluding hydrogens is 338 g/mol. The first-order valence-corrected chi connectivity index (χ1v) is 8.09. The molecule has 0 aliphatic rings. The number of benzene rings is 1. The summed E-state index contributed by atoms with van der Waals surface area (Å²) >= 11 is 0. The number of hydrogen-bond acceptors (Lipinski definition) is 5. The minimum absolute atomic E-state index is 0.0452. The molecule has 1 heterocycles. The van der Waals surface area contributed by atoms with E-state index in [2.05, 4.69) is 15.6 Å². The lowest BCUT2D eigenvalue weighted by atomic mass is 10.2. The number of nitrogens with one attached hydrogen (secondary N) is 1. The van der Waals surface area contributed by atoms with E-state index in [1.807, 2.05) is 30.3 Å². The van der Waals surface area contributed by atoms with E-state index in [0.29, 0.717) is 5.69 Å². The van der Waals surface area contributed by atoms with Crippen LogP contribution in [0.1, 0.15) is 30.0 Å². The highest BCUT2D eigenvalue weighted by molar-refractivity contribution is 5.95. The van der Waals surface area contributed by atoms with Gasteiger partial charge in [-0.25, -0.2) is 9.48 Å². The van der Waals surface area contributed by atoms with Crippen molar-refractivity contribution in [2.24, 2.45) is 0 Å². The van der Waals surface area contributed by atoms with Gasteiger partial charge in [-0.15, -0.1) is 5.10 Å². The molecule has 0 spiro atoms. The van der Waals surface area contributed by atoms with Crippen LogP contribution in [0.2, 0.25) is 0 Å². The molecule has 0 fully saturated rings. The summed E-state index contributed by atoms with van der Waals surface area (Å²) in [4.78, 5) is 36.4. The molecule has 9 nitrogen and oxygen atoms in total. The summed E-state index contributed by atoms with van der Waals surface area (Å²) in [5.41, 5.74) is 1.32. The summed E-state index contributed by atoms with van der Waals surface area (Å²) in [5, 5.41) is 19.8. The molecule has 0 aliphatic heterocycles. The largest absolute Gasteiger partial charge is 0.480 e. The Balaban J connectivity index is 2.29. The Hall–Kier alpha value is -3.23. The van der Waals surface area contributed by atoms with Crippen LogP contribution in [0.25, 0.3) is 5.69 Å². The van der Waals surface area contributed by atoms with E-state index >= 15 is 0 Å². The molecular formula is C17H21N5O4. The zero-order valence-electron chi connectivity index (χ0n) is 14.8. The average Bonchev–Trinajstić information content (AvgIpc) is 2.99. The van der Waals surface area contributed by atoms with Crippen molar-refractivity contribution in [3.8, 4) is 5.69 Å². The Morgan fingerprint density at radius 1 is 1.27 bits per heavy atom. The number of carbonyl (C=O) groups excluding carboxylic acids is 2. The maximum absolute atomic E-state index is 12.9. The van der Waals surface area contributed by atoms with Crippen LogP contribution in [0.4, 0.5) is 0 Å². The van der Waals surface area contributed by atoms with E-state index < -0.39 is 17.9 Å². The molecule has 138 valence electrons. The van der Waals surface area contributed by atoms with Crippen LogP contribution in [0, 0.1) is 6.92 Å². The lowest BCUT2D eigenvalue weighted by Crippen LogP contribution is -2.47.